The Labute approximate surface area is 217 Å². The lowest BCUT2D eigenvalue weighted by atomic mass is 9.85. The zero-order chi connectivity index (χ0) is 27.2. The lowest BCUT2D eigenvalue weighted by Crippen LogP contribution is -2.46. The zero-order valence-corrected chi connectivity index (χ0v) is 22.2. The van der Waals surface area contributed by atoms with Gasteiger partial charge in [0.15, 0.2) is 0 Å². The maximum atomic E-state index is 12.9. The number of hydrogen-bond acceptors (Lipinski definition) is 8. The van der Waals surface area contributed by atoms with Crippen LogP contribution in [0.4, 0.5) is 4.79 Å². The van der Waals surface area contributed by atoms with Crippen molar-refractivity contribution in [3.63, 3.8) is 0 Å². The molecular formula is C28H35NO8. The minimum atomic E-state index is -0.672. The molecule has 0 saturated heterocycles. The van der Waals surface area contributed by atoms with E-state index in [-0.39, 0.29) is 31.4 Å². The van der Waals surface area contributed by atoms with Gasteiger partial charge in [-0.15, -0.1) is 0 Å². The van der Waals surface area contributed by atoms with Gasteiger partial charge in [-0.2, -0.15) is 0 Å². The molecule has 2 aromatic rings. The number of rotatable bonds is 8. The Balaban J connectivity index is 1.94. The molecule has 1 aliphatic heterocycles. The third-order valence-electron chi connectivity index (χ3n) is 5.71. The minimum absolute atomic E-state index is 0.0469. The molecular weight excluding hydrogens is 478 g/mol. The van der Waals surface area contributed by atoms with Crippen LogP contribution in [-0.4, -0.2) is 68.7 Å². The number of nitrogens with zero attached hydrogens (tertiary/aromatic N) is 1. The van der Waals surface area contributed by atoms with E-state index in [1.54, 1.807) is 40.0 Å². The molecule has 1 unspecified atom stereocenters. The minimum Gasteiger partial charge on any atom is -0.508 e. The Hall–Kier alpha value is -3.72. The van der Waals surface area contributed by atoms with Gasteiger partial charge in [0.1, 0.15) is 29.5 Å². The average molecular weight is 514 g/mol. The van der Waals surface area contributed by atoms with Crippen LogP contribution in [0.2, 0.25) is 0 Å². The fourth-order valence-electron chi connectivity index (χ4n) is 4.22. The highest BCUT2D eigenvalue weighted by molar-refractivity contribution is 6.00. The molecule has 1 atom stereocenters. The molecule has 0 bridgehead atoms. The van der Waals surface area contributed by atoms with Crippen molar-refractivity contribution >= 4 is 17.6 Å². The maximum Gasteiger partial charge on any atom is 0.410 e. The van der Waals surface area contributed by atoms with E-state index in [1.807, 2.05) is 24.3 Å². The highest BCUT2D eigenvalue weighted by Gasteiger charge is 2.36. The quantitative estimate of drug-likeness (QED) is 0.518. The molecule has 0 fully saturated rings. The summed E-state index contributed by atoms with van der Waals surface area (Å²) in [7, 11) is 4.42. The lowest BCUT2D eigenvalue weighted by Gasteiger charge is -2.36. The van der Waals surface area contributed by atoms with Crippen molar-refractivity contribution in [3.05, 3.63) is 59.2 Å². The molecule has 9 heteroatoms. The molecule has 3 rings (SSSR count). The molecule has 1 N–H and O–H groups in total. The van der Waals surface area contributed by atoms with E-state index in [0.29, 0.717) is 23.6 Å². The number of carbonyl (C=O) groups is 2. The maximum absolute atomic E-state index is 12.9. The van der Waals surface area contributed by atoms with E-state index in [4.69, 9.17) is 23.7 Å². The van der Waals surface area contributed by atoms with Crippen LogP contribution in [-0.2, 0) is 25.6 Å². The van der Waals surface area contributed by atoms with Gasteiger partial charge in [-0.1, -0.05) is 12.1 Å². The molecule has 0 aliphatic carbocycles. The van der Waals surface area contributed by atoms with Crippen molar-refractivity contribution in [2.24, 2.45) is 5.92 Å². The standard InChI is InChI=1S/C28H35NO8/c1-28(2,3)37-27(32)29-14-20(17-33-4)25(24(15-29)26(31)35-6)19-8-7-9-22(12-19)36-16-18-10-21(30)13-23(11-18)34-5/h7-13,20,30H,14-17H2,1-6H3. The van der Waals surface area contributed by atoms with Crippen molar-refractivity contribution < 1.29 is 38.4 Å². The van der Waals surface area contributed by atoms with Crippen molar-refractivity contribution in [1.82, 2.24) is 4.90 Å². The Morgan fingerprint density at radius 3 is 2.46 bits per heavy atom. The summed E-state index contributed by atoms with van der Waals surface area (Å²) in [5.74, 6) is 0.355. The summed E-state index contributed by atoms with van der Waals surface area (Å²) in [5, 5.41) is 9.91. The van der Waals surface area contributed by atoms with Gasteiger partial charge in [0.05, 0.1) is 32.9 Å². The van der Waals surface area contributed by atoms with Crippen molar-refractivity contribution in [1.29, 1.82) is 0 Å². The molecule has 37 heavy (non-hydrogen) atoms. The second-order valence-corrected chi connectivity index (χ2v) is 9.75. The number of methoxy groups -OCH3 is 3. The summed E-state index contributed by atoms with van der Waals surface area (Å²) in [6, 6.07) is 12.3. The smallest absolute Gasteiger partial charge is 0.410 e. The number of amides is 1. The number of aromatic hydroxyl groups is 1. The van der Waals surface area contributed by atoms with Crippen molar-refractivity contribution in [3.8, 4) is 17.2 Å². The van der Waals surface area contributed by atoms with E-state index in [1.165, 1.54) is 25.2 Å². The van der Waals surface area contributed by atoms with E-state index >= 15 is 0 Å². The first kappa shape index (κ1) is 27.9. The monoisotopic (exact) mass is 513 g/mol. The normalized spacial score (nSPS) is 15.8. The van der Waals surface area contributed by atoms with Crippen LogP contribution in [0.15, 0.2) is 48.0 Å². The Bertz CT molecular complexity index is 1150. The molecule has 200 valence electrons. The van der Waals surface area contributed by atoms with Crippen LogP contribution in [0.25, 0.3) is 5.57 Å². The fraction of sp³-hybridized carbons (Fsp3) is 0.429. The van der Waals surface area contributed by atoms with Crippen molar-refractivity contribution in [2.75, 3.05) is 41.0 Å². The van der Waals surface area contributed by atoms with Crippen LogP contribution in [0.3, 0.4) is 0 Å². The number of ether oxygens (including phenoxy) is 5. The summed E-state index contributed by atoms with van der Waals surface area (Å²) in [5.41, 5.74) is 1.92. The highest BCUT2D eigenvalue weighted by atomic mass is 16.6. The third kappa shape index (κ3) is 7.39. The largest absolute Gasteiger partial charge is 0.508 e. The molecule has 1 amide bonds. The SMILES string of the molecule is COCC1CN(C(=O)OC(C)(C)C)CC(C(=O)OC)=C1c1cccc(OCc2cc(O)cc(OC)c2)c1. The highest BCUT2D eigenvalue weighted by Crippen LogP contribution is 2.35. The van der Waals surface area contributed by atoms with Gasteiger partial charge in [-0.25, -0.2) is 9.59 Å². The van der Waals surface area contributed by atoms with Gasteiger partial charge in [-0.3, -0.25) is 0 Å². The van der Waals surface area contributed by atoms with Gasteiger partial charge in [0, 0.05) is 25.6 Å². The van der Waals surface area contributed by atoms with Crippen LogP contribution in [0, 0.1) is 5.92 Å². The number of hydrogen-bond donors (Lipinski definition) is 1. The topological polar surface area (TPSA) is 104 Å². The predicted molar refractivity (Wildman–Crippen MR) is 138 cm³/mol. The third-order valence-corrected chi connectivity index (χ3v) is 5.71. The summed E-state index contributed by atoms with van der Waals surface area (Å²) in [6.45, 7) is 6.22. The second-order valence-electron chi connectivity index (χ2n) is 9.75. The van der Waals surface area contributed by atoms with Crippen LogP contribution >= 0.6 is 0 Å². The number of benzene rings is 2. The van der Waals surface area contributed by atoms with E-state index < -0.39 is 17.7 Å². The first-order valence-electron chi connectivity index (χ1n) is 11.9. The number of phenols is 1. The molecule has 2 aromatic carbocycles. The average Bonchev–Trinajstić information content (AvgIpc) is 2.85. The molecule has 9 nitrogen and oxygen atoms in total. The predicted octanol–water partition coefficient (Wildman–Crippen LogP) is 4.42. The second kappa shape index (κ2) is 12.0. The molecule has 1 heterocycles. The van der Waals surface area contributed by atoms with E-state index in [2.05, 4.69) is 0 Å². The number of esters is 1. The first-order chi connectivity index (χ1) is 17.5. The first-order valence-corrected chi connectivity index (χ1v) is 11.9. The van der Waals surface area contributed by atoms with Crippen molar-refractivity contribution in [2.45, 2.75) is 33.0 Å². The molecule has 0 spiro atoms. The number of carbonyl (C=O) groups excluding carboxylic acids is 2. The van der Waals surface area contributed by atoms with Gasteiger partial charge >= 0.3 is 12.1 Å². The Morgan fingerprint density at radius 2 is 1.81 bits per heavy atom. The van der Waals surface area contributed by atoms with Crippen LogP contribution < -0.4 is 9.47 Å². The van der Waals surface area contributed by atoms with Crippen LogP contribution in [0.1, 0.15) is 31.9 Å². The molecule has 1 aliphatic rings. The van der Waals surface area contributed by atoms with E-state index in [0.717, 1.165) is 16.7 Å². The van der Waals surface area contributed by atoms with E-state index in [9.17, 15) is 14.7 Å². The number of phenolic OH excluding ortho intramolecular Hbond substituents is 1. The van der Waals surface area contributed by atoms with Gasteiger partial charge in [-0.05, 0) is 61.7 Å². The Kier molecular flexibility index (Phi) is 9.04. The molecule has 0 aromatic heterocycles. The lowest BCUT2D eigenvalue weighted by molar-refractivity contribution is -0.136. The Morgan fingerprint density at radius 1 is 1.05 bits per heavy atom. The van der Waals surface area contributed by atoms with Gasteiger partial charge < -0.3 is 33.7 Å². The van der Waals surface area contributed by atoms with Gasteiger partial charge in [0.25, 0.3) is 0 Å². The zero-order valence-electron chi connectivity index (χ0n) is 22.2. The summed E-state index contributed by atoms with van der Waals surface area (Å²) < 4.78 is 27.3. The summed E-state index contributed by atoms with van der Waals surface area (Å²) in [4.78, 5) is 27.2. The van der Waals surface area contributed by atoms with Crippen LogP contribution in [0.5, 0.6) is 17.2 Å². The van der Waals surface area contributed by atoms with Gasteiger partial charge in [0.2, 0.25) is 0 Å². The summed E-state index contributed by atoms with van der Waals surface area (Å²) in [6.07, 6.45) is -0.507. The summed E-state index contributed by atoms with van der Waals surface area (Å²) >= 11 is 0. The molecule has 0 radical (unpaired) electrons. The fourth-order valence-corrected chi connectivity index (χ4v) is 4.22. The molecule has 0 saturated carbocycles.